The summed E-state index contributed by atoms with van der Waals surface area (Å²) < 4.78 is 25.2. The summed E-state index contributed by atoms with van der Waals surface area (Å²) in [6.45, 7) is 3.46. The molecule has 0 aromatic rings. The monoisotopic (exact) mass is 211 g/mol. The minimum Gasteiger partial charge on any atom is -0.477 e. The summed E-state index contributed by atoms with van der Waals surface area (Å²) >= 11 is 0. The van der Waals surface area contributed by atoms with Gasteiger partial charge >= 0.3 is 11.9 Å². The average molecular weight is 211 g/mol. The van der Waals surface area contributed by atoms with E-state index < -0.39 is 30.1 Å². The van der Waals surface area contributed by atoms with Crippen LogP contribution in [-0.2, 0) is 4.79 Å². The highest BCUT2D eigenvalue weighted by Crippen LogP contribution is 2.15. The standard InChI is InChI=1S/C8H15F2NO3/c1-5(12)7(2,3)11-4-8(9,10)6(13)14/h5,11-12H,4H2,1-3H3,(H,13,14). The smallest absolute Gasteiger partial charge is 0.375 e. The van der Waals surface area contributed by atoms with Crippen LogP contribution in [0.15, 0.2) is 0 Å². The molecule has 0 saturated heterocycles. The summed E-state index contributed by atoms with van der Waals surface area (Å²) in [5.41, 5.74) is -0.946. The number of aliphatic hydroxyl groups excluding tert-OH is 1. The van der Waals surface area contributed by atoms with Crippen LogP contribution in [0, 0.1) is 0 Å². The molecule has 3 N–H and O–H groups in total. The topological polar surface area (TPSA) is 69.6 Å². The van der Waals surface area contributed by atoms with Gasteiger partial charge in [0.2, 0.25) is 0 Å². The second kappa shape index (κ2) is 4.18. The van der Waals surface area contributed by atoms with Gasteiger partial charge in [0.25, 0.3) is 0 Å². The molecule has 0 aliphatic heterocycles. The quantitative estimate of drug-likeness (QED) is 0.617. The largest absolute Gasteiger partial charge is 0.477 e. The van der Waals surface area contributed by atoms with Gasteiger partial charge in [0, 0.05) is 5.54 Å². The van der Waals surface area contributed by atoms with E-state index in [0.717, 1.165) is 0 Å². The first-order valence-electron chi connectivity index (χ1n) is 4.14. The van der Waals surface area contributed by atoms with Crippen LogP contribution in [0.1, 0.15) is 20.8 Å². The number of aliphatic carboxylic acids is 1. The summed E-state index contributed by atoms with van der Waals surface area (Å²) in [7, 11) is 0. The van der Waals surface area contributed by atoms with Crippen molar-refractivity contribution in [3.05, 3.63) is 0 Å². The van der Waals surface area contributed by atoms with Crippen molar-refractivity contribution in [3.63, 3.8) is 0 Å². The summed E-state index contributed by atoms with van der Waals surface area (Å²) in [6.07, 6.45) is -0.855. The molecule has 6 heteroatoms. The van der Waals surface area contributed by atoms with E-state index in [4.69, 9.17) is 10.2 Å². The number of carboxylic acid groups (broad SMARTS) is 1. The van der Waals surface area contributed by atoms with Crippen LogP contribution in [0.4, 0.5) is 8.78 Å². The Morgan fingerprint density at radius 2 is 1.93 bits per heavy atom. The average Bonchev–Trinajstić information content (AvgIpc) is 2.01. The molecule has 4 nitrogen and oxygen atoms in total. The number of nitrogens with one attached hydrogen (secondary N) is 1. The normalized spacial score (nSPS) is 15.3. The minimum absolute atomic E-state index is 0.855. The molecular formula is C8H15F2NO3. The molecule has 14 heavy (non-hydrogen) atoms. The van der Waals surface area contributed by atoms with Crippen molar-refractivity contribution >= 4 is 5.97 Å². The van der Waals surface area contributed by atoms with Gasteiger partial charge in [-0.1, -0.05) is 0 Å². The lowest BCUT2D eigenvalue weighted by molar-refractivity contribution is -0.164. The summed E-state index contributed by atoms with van der Waals surface area (Å²) in [6, 6.07) is 0. The highest BCUT2D eigenvalue weighted by Gasteiger charge is 2.40. The van der Waals surface area contributed by atoms with Crippen LogP contribution in [0.3, 0.4) is 0 Å². The maximum atomic E-state index is 12.6. The predicted molar refractivity (Wildman–Crippen MR) is 46.3 cm³/mol. The lowest BCUT2D eigenvalue weighted by atomic mass is 9.98. The van der Waals surface area contributed by atoms with Crippen molar-refractivity contribution in [1.82, 2.24) is 5.32 Å². The third-order valence-electron chi connectivity index (χ3n) is 2.12. The molecule has 0 saturated carbocycles. The van der Waals surface area contributed by atoms with Crippen molar-refractivity contribution in [2.75, 3.05) is 6.54 Å². The fourth-order valence-electron chi connectivity index (χ4n) is 0.562. The van der Waals surface area contributed by atoms with Crippen molar-refractivity contribution in [2.24, 2.45) is 0 Å². The first kappa shape index (κ1) is 13.2. The molecule has 0 aliphatic rings. The van der Waals surface area contributed by atoms with Crippen LogP contribution in [0.2, 0.25) is 0 Å². The molecule has 1 unspecified atom stereocenters. The van der Waals surface area contributed by atoms with E-state index in [0.29, 0.717) is 0 Å². The third-order valence-corrected chi connectivity index (χ3v) is 2.12. The molecule has 0 aromatic carbocycles. The molecule has 0 radical (unpaired) electrons. The molecule has 0 fully saturated rings. The predicted octanol–water partition coefficient (Wildman–Crippen LogP) is 0.455. The number of carboxylic acids is 1. The van der Waals surface area contributed by atoms with Crippen LogP contribution in [-0.4, -0.2) is 40.3 Å². The summed E-state index contributed by atoms with van der Waals surface area (Å²) in [4.78, 5) is 10.1. The van der Waals surface area contributed by atoms with E-state index >= 15 is 0 Å². The zero-order valence-electron chi connectivity index (χ0n) is 8.34. The second-order valence-electron chi connectivity index (χ2n) is 3.76. The van der Waals surface area contributed by atoms with E-state index in [1.165, 1.54) is 20.8 Å². The van der Waals surface area contributed by atoms with Gasteiger partial charge in [-0.15, -0.1) is 0 Å². The summed E-state index contributed by atoms with van der Waals surface area (Å²) in [5, 5.41) is 19.6. The van der Waals surface area contributed by atoms with E-state index in [1.54, 1.807) is 0 Å². The van der Waals surface area contributed by atoms with Crippen LogP contribution < -0.4 is 5.32 Å². The molecule has 0 aliphatic carbocycles. The highest BCUT2D eigenvalue weighted by molar-refractivity contribution is 5.75. The molecule has 0 amide bonds. The van der Waals surface area contributed by atoms with Gasteiger partial charge in [-0.05, 0) is 20.8 Å². The number of aliphatic hydroxyl groups is 1. The highest BCUT2D eigenvalue weighted by atomic mass is 19.3. The Labute approximate surface area is 80.9 Å². The van der Waals surface area contributed by atoms with Gasteiger partial charge in [-0.3, -0.25) is 0 Å². The first-order chi connectivity index (χ1) is 6.09. The maximum absolute atomic E-state index is 12.6. The van der Waals surface area contributed by atoms with Crippen molar-refractivity contribution in [2.45, 2.75) is 38.3 Å². The van der Waals surface area contributed by atoms with Crippen molar-refractivity contribution in [3.8, 4) is 0 Å². The molecule has 0 heterocycles. The Morgan fingerprint density at radius 1 is 1.50 bits per heavy atom. The molecular weight excluding hydrogens is 196 g/mol. The number of alkyl halides is 2. The molecule has 0 rings (SSSR count). The van der Waals surface area contributed by atoms with Gasteiger partial charge in [0.05, 0.1) is 12.6 Å². The number of hydrogen-bond acceptors (Lipinski definition) is 3. The molecule has 1 atom stereocenters. The minimum atomic E-state index is -3.81. The Balaban J connectivity index is 4.25. The van der Waals surface area contributed by atoms with Gasteiger partial charge in [0.1, 0.15) is 0 Å². The number of hydrogen-bond donors (Lipinski definition) is 3. The fraction of sp³-hybridized carbons (Fsp3) is 0.875. The lowest BCUT2D eigenvalue weighted by Gasteiger charge is -2.30. The second-order valence-corrected chi connectivity index (χ2v) is 3.76. The Kier molecular flexibility index (Phi) is 3.96. The van der Waals surface area contributed by atoms with Gasteiger partial charge in [0.15, 0.2) is 0 Å². The van der Waals surface area contributed by atoms with E-state index in [-0.39, 0.29) is 0 Å². The van der Waals surface area contributed by atoms with E-state index in [2.05, 4.69) is 5.32 Å². The van der Waals surface area contributed by atoms with Crippen LogP contribution in [0.5, 0.6) is 0 Å². The molecule has 0 aromatic heterocycles. The van der Waals surface area contributed by atoms with Crippen molar-refractivity contribution in [1.29, 1.82) is 0 Å². The number of rotatable bonds is 5. The van der Waals surface area contributed by atoms with Crippen molar-refractivity contribution < 1.29 is 23.8 Å². The first-order valence-corrected chi connectivity index (χ1v) is 4.14. The van der Waals surface area contributed by atoms with Gasteiger partial charge < -0.3 is 15.5 Å². The zero-order chi connectivity index (χ0) is 11.6. The number of carbonyl (C=O) groups is 1. The van der Waals surface area contributed by atoms with Gasteiger partial charge in [-0.2, -0.15) is 8.78 Å². The summed E-state index contributed by atoms with van der Waals surface area (Å²) in [5.74, 6) is -5.99. The maximum Gasteiger partial charge on any atom is 0.375 e. The fourth-order valence-corrected chi connectivity index (χ4v) is 0.562. The zero-order valence-corrected chi connectivity index (χ0v) is 8.34. The van der Waals surface area contributed by atoms with Crippen LogP contribution in [0.25, 0.3) is 0 Å². The molecule has 84 valence electrons. The molecule has 0 spiro atoms. The van der Waals surface area contributed by atoms with E-state index in [1.807, 2.05) is 0 Å². The Bertz CT molecular complexity index is 217. The van der Waals surface area contributed by atoms with E-state index in [9.17, 15) is 13.6 Å². The van der Waals surface area contributed by atoms with Gasteiger partial charge in [-0.25, -0.2) is 4.79 Å². The molecule has 0 bridgehead atoms. The Morgan fingerprint density at radius 3 is 2.21 bits per heavy atom. The Hall–Kier alpha value is -0.750. The number of halogens is 2. The lowest BCUT2D eigenvalue weighted by Crippen LogP contribution is -2.53. The third kappa shape index (κ3) is 3.55. The SMILES string of the molecule is CC(O)C(C)(C)NCC(F)(F)C(=O)O. The van der Waals surface area contributed by atoms with Crippen LogP contribution >= 0.6 is 0 Å².